The maximum absolute atomic E-state index is 13.9. The summed E-state index contributed by atoms with van der Waals surface area (Å²) in [6.45, 7) is 1.99. The molecule has 0 saturated carbocycles. The Balaban J connectivity index is 1.57. The summed E-state index contributed by atoms with van der Waals surface area (Å²) in [5, 5.41) is 3.33. The van der Waals surface area contributed by atoms with Crippen molar-refractivity contribution in [2.75, 3.05) is 7.11 Å². The topological polar surface area (TPSA) is 43.3 Å². The molecule has 184 valence electrons. The minimum absolute atomic E-state index is 0.104. The van der Waals surface area contributed by atoms with Crippen LogP contribution >= 0.6 is 0 Å². The Labute approximate surface area is 218 Å². The van der Waals surface area contributed by atoms with Crippen LogP contribution in [0, 0.1) is 6.92 Å². The quantitative estimate of drug-likeness (QED) is 0.253. The SMILES string of the molecule is COc1ccccc1-n1c(-c2ccccc2)cc(C(=O)NC(Cc2ccccc2)c2ccccc2)c1C. The number of nitrogens with zero attached hydrogens (tertiary/aromatic N) is 1. The summed E-state index contributed by atoms with van der Waals surface area (Å²) in [4.78, 5) is 13.9. The lowest BCUT2D eigenvalue weighted by Crippen LogP contribution is -2.30. The summed E-state index contributed by atoms with van der Waals surface area (Å²) < 4.78 is 7.79. The van der Waals surface area contributed by atoms with Gasteiger partial charge in [0.2, 0.25) is 0 Å². The molecule has 0 radical (unpaired) electrons. The van der Waals surface area contributed by atoms with E-state index < -0.39 is 0 Å². The Bertz CT molecular complexity index is 1480. The molecule has 0 saturated heterocycles. The van der Waals surface area contributed by atoms with E-state index in [1.807, 2.05) is 91.9 Å². The van der Waals surface area contributed by atoms with Crippen molar-refractivity contribution in [2.45, 2.75) is 19.4 Å². The van der Waals surface area contributed by atoms with Crippen LogP contribution < -0.4 is 10.1 Å². The van der Waals surface area contributed by atoms with Crippen molar-refractivity contribution in [1.29, 1.82) is 0 Å². The lowest BCUT2D eigenvalue weighted by molar-refractivity contribution is 0.0936. The molecular weight excluding hydrogens is 456 g/mol. The van der Waals surface area contributed by atoms with Crippen LogP contribution in [0.2, 0.25) is 0 Å². The molecule has 0 spiro atoms. The number of rotatable bonds is 8. The average molecular weight is 487 g/mol. The number of hydrogen-bond acceptors (Lipinski definition) is 2. The molecule has 0 aliphatic heterocycles. The summed E-state index contributed by atoms with van der Waals surface area (Å²) in [5.74, 6) is 0.643. The van der Waals surface area contributed by atoms with E-state index in [0.29, 0.717) is 12.0 Å². The molecule has 5 rings (SSSR count). The van der Waals surface area contributed by atoms with Gasteiger partial charge in [0.05, 0.1) is 30.1 Å². The van der Waals surface area contributed by atoms with Crippen LogP contribution in [-0.4, -0.2) is 17.6 Å². The zero-order valence-electron chi connectivity index (χ0n) is 21.1. The third-order valence-electron chi connectivity index (χ3n) is 6.68. The van der Waals surface area contributed by atoms with Crippen LogP contribution in [0.4, 0.5) is 0 Å². The fourth-order valence-corrected chi connectivity index (χ4v) is 4.81. The van der Waals surface area contributed by atoms with Gasteiger partial charge in [-0.3, -0.25) is 4.79 Å². The number of nitrogens with one attached hydrogen (secondary N) is 1. The number of methoxy groups -OCH3 is 1. The Morgan fingerprint density at radius 1 is 0.811 bits per heavy atom. The van der Waals surface area contributed by atoms with Gasteiger partial charge in [-0.15, -0.1) is 0 Å². The maximum atomic E-state index is 13.9. The van der Waals surface area contributed by atoms with Crippen molar-refractivity contribution in [1.82, 2.24) is 9.88 Å². The van der Waals surface area contributed by atoms with Gasteiger partial charge < -0.3 is 14.6 Å². The molecule has 1 atom stereocenters. The molecule has 5 aromatic rings. The van der Waals surface area contributed by atoms with E-state index in [9.17, 15) is 4.79 Å². The average Bonchev–Trinajstić information content (AvgIpc) is 3.31. The lowest BCUT2D eigenvalue weighted by atomic mass is 9.98. The highest BCUT2D eigenvalue weighted by atomic mass is 16.5. The second-order valence-corrected chi connectivity index (χ2v) is 9.03. The molecule has 0 aliphatic carbocycles. The monoisotopic (exact) mass is 486 g/mol. The predicted octanol–water partition coefficient (Wildman–Crippen LogP) is 7.18. The zero-order chi connectivity index (χ0) is 25.6. The number of para-hydroxylation sites is 2. The fourth-order valence-electron chi connectivity index (χ4n) is 4.81. The minimum atomic E-state index is -0.162. The van der Waals surface area contributed by atoms with E-state index in [1.165, 1.54) is 5.56 Å². The van der Waals surface area contributed by atoms with Gasteiger partial charge in [-0.2, -0.15) is 0 Å². The van der Waals surface area contributed by atoms with E-state index in [2.05, 4.69) is 46.3 Å². The van der Waals surface area contributed by atoms with Crippen LogP contribution in [-0.2, 0) is 6.42 Å². The second-order valence-electron chi connectivity index (χ2n) is 9.03. The van der Waals surface area contributed by atoms with Gasteiger partial charge in [0.15, 0.2) is 0 Å². The van der Waals surface area contributed by atoms with E-state index in [0.717, 1.165) is 34.0 Å². The highest BCUT2D eigenvalue weighted by Gasteiger charge is 2.23. The molecule has 0 aliphatic rings. The van der Waals surface area contributed by atoms with Gasteiger partial charge in [0.1, 0.15) is 5.75 Å². The molecule has 1 N–H and O–H groups in total. The predicted molar refractivity (Wildman–Crippen MR) is 149 cm³/mol. The number of carbonyl (C=O) groups excluding carboxylic acids is 1. The molecule has 1 aromatic heterocycles. The molecule has 37 heavy (non-hydrogen) atoms. The van der Waals surface area contributed by atoms with Crippen LogP contribution in [0.15, 0.2) is 121 Å². The van der Waals surface area contributed by atoms with Gasteiger partial charge in [0, 0.05) is 5.69 Å². The highest BCUT2D eigenvalue weighted by Crippen LogP contribution is 2.34. The molecule has 1 unspecified atom stereocenters. The number of benzene rings is 4. The first-order valence-corrected chi connectivity index (χ1v) is 12.5. The number of hydrogen-bond donors (Lipinski definition) is 1. The molecule has 4 nitrogen and oxygen atoms in total. The first-order valence-electron chi connectivity index (χ1n) is 12.5. The first kappa shape index (κ1) is 24.1. The molecule has 4 aromatic carbocycles. The molecule has 1 amide bonds. The van der Waals surface area contributed by atoms with Gasteiger partial charge in [-0.05, 0) is 48.2 Å². The summed E-state index contributed by atoms with van der Waals surface area (Å²) in [7, 11) is 1.67. The van der Waals surface area contributed by atoms with Gasteiger partial charge in [0.25, 0.3) is 5.91 Å². The van der Waals surface area contributed by atoms with E-state index in [4.69, 9.17) is 4.74 Å². The fraction of sp³-hybridized carbons (Fsp3) is 0.121. The van der Waals surface area contributed by atoms with Crippen LogP contribution in [0.5, 0.6) is 5.75 Å². The largest absolute Gasteiger partial charge is 0.495 e. The van der Waals surface area contributed by atoms with Crippen LogP contribution in [0.25, 0.3) is 16.9 Å². The number of carbonyl (C=O) groups is 1. The third-order valence-corrected chi connectivity index (χ3v) is 6.68. The van der Waals surface area contributed by atoms with Gasteiger partial charge in [-0.25, -0.2) is 0 Å². The van der Waals surface area contributed by atoms with Crippen molar-refractivity contribution in [3.63, 3.8) is 0 Å². The number of amides is 1. The zero-order valence-corrected chi connectivity index (χ0v) is 21.1. The third kappa shape index (κ3) is 5.19. The normalized spacial score (nSPS) is 11.6. The van der Waals surface area contributed by atoms with Crippen molar-refractivity contribution >= 4 is 5.91 Å². The van der Waals surface area contributed by atoms with E-state index >= 15 is 0 Å². The molecule has 0 fully saturated rings. The van der Waals surface area contributed by atoms with Crippen LogP contribution in [0.3, 0.4) is 0 Å². The minimum Gasteiger partial charge on any atom is -0.495 e. The van der Waals surface area contributed by atoms with Crippen LogP contribution in [0.1, 0.15) is 33.2 Å². The number of aromatic nitrogens is 1. The first-order chi connectivity index (χ1) is 18.2. The highest BCUT2D eigenvalue weighted by molar-refractivity contribution is 5.97. The Hall–Kier alpha value is -4.57. The van der Waals surface area contributed by atoms with E-state index in [-0.39, 0.29) is 11.9 Å². The second kappa shape index (κ2) is 11.0. The standard InChI is InChI=1S/C33H30N2O2/c1-24-28(33(36)34-29(26-16-8-4-9-17-26)22-25-14-6-3-7-15-25)23-31(27-18-10-5-11-19-27)35(24)30-20-12-13-21-32(30)37-2/h3-21,23,29H,22H2,1-2H3,(H,34,36). The van der Waals surface area contributed by atoms with Crippen molar-refractivity contribution < 1.29 is 9.53 Å². The molecule has 4 heteroatoms. The maximum Gasteiger partial charge on any atom is 0.253 e. The summed E-state index contributed by atoms with van der Waals surface area (Å²) >= 11 is 0. The lowest BCUT2D eigenvalue weighted by Gasteiger charge is -2.20. The molecule has 0 bridgehead atoms. The van der Waals surface area contributed by atoms with E-state index in [1.54, 1.807) is 7.11 Å². The molecule has 1 heterocycles. The molecular formula is C33H30N2O2. The Morgan fingerprint density at radius 3 is 2.08 bits per heavy atom. The van der Waals surface area contributed by atoms with Crippen molar-refractivity contribution in [2.24, 2.45) is 0 Å². The smallest absolute Gasteiger partial charge is 0.253 e. The van der Waals surface area contributed by atoms with Gasteiger partial charge >= 0.3 is 0 Å². The Morgan fingerprint density at radius 2 is 1.41 bits per heavy atom. The van der Waals surface area contributed by atoms with Crippen molar-refractivity contribution in [3.05, 3.63) is 144 Å². The van der Waals surface area contributed by atoms with Gasteiger partial charge in [-0.1, -0.05) is 103 Å². The van der Waals surface area contributed by atoms with Crippen molar-refractivity contribution in [3.8, 4) is 22.7 Å². The summed E-state index contributed by atoms with van der Waals surface area (Å²) in [6, 6.07) is 40.3. The number of ether oxygens (including phenoxy) is 1. The Kier molecular flexibility index (Phi) is 7.18. The summed E-state index contributed by atoms with van der Waals surface area (Å²) in [6.07, 6.45) is 0.703. The summed E-state index contributed by atoms with van der Waals surface area (Å²) in [5.41, 5.74) is 6.59.